The van der Waals surface area contributed by atoms with Crippen LogP contribution in [0.25, 0.3) is 0 Å². The molecule has 5 heteroatoms. The molecule has 2 aromatic rings. The summed E-state index contributed by atoms with van der Waals surface area (Å²) in [5, 5.41) is 19.0. The Morgan fingerprint density at radius 3 is 2.65 bits per heavy atom. The van der Waals surface area contributed by atoms with Crippen LogP contribution >= 0.6 is 0 Å². The second kappa shape index (κ2) is 7.08. The van der Waals surface area contributed by atoms with Gasteiger partial charge in [0.25, 0.3) is 0 Å². The third-order valence-electron chi connectivity index (χ3n) is 4.07. The number of halogens is 1. The molecule has 0 unspecified atom stereocenters. The van der Waals surface area contributed by atoms with Crippen molar-refractivity contribution in [3.63, 3.8) is 0 Å². The van der Waals surface area contributed by atoms with Gasteiger partial charge in [0, 0.05) is 19.1 Å². The predicted octanol–water partition coefficient (Wildman–Crippen LogP) is 2.55. The van der Waals surface area contributed by atoms with Crippen molar-refractivity contribution < 1.29 is 19.3 Å². The third kappa shape index (κ3) is 3.88. The molecule has 4 nitrogen and oxygen atoms in total. The molecule has 1 aliphatic heterocycles. The van der Waals surface area contributed by atoms with Gasteiger partial charge >= 0.3 is 0 Å². The molecule has 0 radical (unpaired) electrons. The van der Waals surface area contributed by atoms with Crippen molar-refractivity contribution in [3.05, 3.63) is 59.9 Å². The predicted molar refractivity (Wildman–Crippen MR) is 84.8 cm³/mol. The summed E-state index contributed by atoms with van der Waals surface area (Å²) in [7, 11) is 0. The summed E-state index contributed by atoms with van der Waals surface area (Å²) in [6.07, 6.45) is 0.117. The summed E-state index contributed by atoms with van der Waals surface area (Å²) in [6, 6.07) is 13.8. The maximum Gasteiger partial charge on any atom is 0.166 e. The van der Waals surface area contributed by atoms with Crippen molar-refractivity contribution in [2.45, 2.75) is 25.1 Å². The van der Waals surface area contributed by atoms with E-state index in [-0.39, 0.29) is 18.4 Å². The Balaban J connectivity index is 1.69. The highest BCUT2D eigenvalue weighted by Gasteiger charge is 2.30. The van der Waals surface area contributed by atoms with E-state index in [2.05, 4.69) is 0 Å². The average Bonchev–Trinajstić information content (AvgIpc) is 2.90. The Morgan fingerprint density at radius 1 is 1.17 bits per heavy atom. The van der Waals surface area contributed by atoms with E-state index in [0.29, 0.717) is 25.3 Å². The minimum absolute atomic E-state index is 0.00521. The number of para-hydroxylation sites is 1. The number of nitrogens with zero attached hydrogens (tertiary/aromatic N) is 1. The molecule has 0 bridgehead atoms. The van der Waals surface area contributed by atoms with Crippen LogP contribution in [0.4, 0.5) is 4.39 Å². The van der Waals surface area contributed by atoms with Crippen LogP contribution in [0.3, 0.4) is 0 Å². The Morgan fingerprint density at radius 2 is 1.96 bits per heavy atom. The highest BCUT2D eigenvalue weighted by Crippen LogP contribution is 2.26. The van der Waals surface area contributed by atoms with Crippen LogP contribution < -0.4 is 4.74 Å². The van der Waals surface area contributed by atoms with Crippen LogP contribution in [-0.2, 0) is 6.54 Å². The SMILES string of the molecule is OC[C@@H]1C[C@@H](O)CN1Cc1ccc(Oc2ccccc2)c(F)c1. The maximum atomic E-state index is 14.2. The van der Waals surface area contributed by atoms with E-state index in [1.165, 1.54) is 6.07 Å². The molecular weight excluding hydrogens is 297 g/mol. The molecule has 1 fully saturated rings. The number of likely N-dealkylation sites (tertiary alicyclic amines) is 1. The lowest BCUT2D eigenvalue weighted by atomic mass is 10.1. The number of ether oxygens (including phenoxy) is 1. The van der Waals surface area contributed by atoms with Crippen LogP contribution in [0.15, 0.2) is 48.5 Å². The number of aliphatic hydroxyl groups is 2. The maximum absolute atomic E-state index is 14.2. The minimum atomic E-state index is -0.433. The van der Waals surface area contributed by atoms with Crippen molar-refractivity contribution in [1.29, 1.82) is 0 Å². The summed E-state index contributed by atoms with van der Waals surface area (Å²) < 4.78 is 19.7. The minimum Gasteiger partial charge on any atom is -0.454 e. The largest absolute Gasteiger partial charge is 0.454 e. The van der Waals surface area contributed by atoms with Crippen LogP contribution in [0.1, 0.15) is 12.0 Å². The first-order chi connectivity index (χ1) is 11.2. The van der Waals surface area contributed by atoms with Gasteiger partial charge in [0.15, 0.2) is 11.6 Å². The van der Waals surface area contributed by atoms with Crippen molar-refractivity contribution in [3.8, 4) is 11.5 Å². The molecule has 122 valence electrons. The molecule has 0 aliphatic carbocycles. The van der Waals surface area contributed by atoms with Crippen LogP contribution in [0.5, 0.6) is 11.5 Å². The molecule has 23 heavy (non-hydrogen) atoms. The number of aliphatic hydroxyl groups excluding tert-OH is 2. The molecule has 0 amide bonds. The first kappa shape index (κ1) is 15.9. The average molecular weight is 317 g/mol. The molecule has 2 N–H and O–H groups in total. The van der Waals surface area contributed by atoms with E-state index in [0.717, 1.165) is 5.56 Å². The Hall–Kier alpha value is -1.95. The second-order valence-electron chi connectivity index (χ2n) is 5.84. The van der Waals surface area contributed by atoms with Gasteiger partial charge in [-0.15, -0.1) is 0 Å². The van der Waals surface area contributed by atoms with Gasteiger partial charge < -0.3 is 14.9 Å². The number of benzene rings is 2. The van der Waals surface area contributed by atoms with E-state index in [9.17, 15) is 14.6 Å². The van der Waals surface area contributed by atoms with E-state index in [1.54, 1.807) is 24.3 Å². The molecular formula is C18H20FNO3. The van der Waals surface area contributed by atoms with Gasteiger partial charge in [-0.25, -0.2) is 4.39 Å². The van der Waals surface area contributed by atoms with Crippen molar-refractivity contribution in [2.24, 2.45) is 0 Å². The van der Waals surface area contributed by atoms with Crippen LogP contribution in [0, 0.1) is 5.82 Å². The standard InChI is InChI=1S/C18H20FNO3/c19-17-8-13(10-20-11-15(22)9-14(20)12-21)6-7-18(17)23-16-4-2-1-3-5-16/h1-8,14-15,21-22H,9-12H2/t14-,15+/m0/s1. The summed E-state index contributed by atoms with van der Waals surface area (Å²) >= 11 is 0. The number of rotatable bonds is 5. The fraction of sp³-hybridized carbons (Fsp3) is 0.333. The van der Waals surface area contributed by atoms with Gasteiger partial charge in [-0.05, 0) is 36.2 Å². The molecule has 2 aromatic carbocycles. The van der Waals surface area contributed by atoms with E-state index in [1.807, 2.05) is 23.1 Å². The second-order valence-corrected chi connectivity index (χ2v) is 5.84. The molecule has 0 saturated carbocycles. The fourth-order valence-electron chi connectivity index (χ4n) is 2.92. The number of hydrogen-bond acceptors (Lipinski definition) is 4. The van der Waals surface area contributed by atoms with Gasteiger partial charge in [-0.3, -0.25) is 4.90 Å². The lowest BCUT2D eigenvalue weighted by Gasteiger charge is -2.22. The Bertz CT molecular complexity index is 650. The summed E-state index contributed by atoms with van der Waals surface area (Å²) in [5.74, 6) is 0.342. The quantitative estimate of drug-likeness (QED) is 0.890. The monoisotopic (exact) mass is 317 g/mol. The number of β-amino-alcohol motifs (C(OH)–C–C–N with tert-alkyl or cyclic N) is 1. The highest BCUT2D eigenvalue weighted by molar-refractivity contribution is 5.34. The topological polar surface area (TPSA) is 52.9 Å². The fourth-order valence-corrected chi connectivity index (χ4v) is 2.92. The third-order valence-corrected chi connectivity index (χ3v) is 4.07. The van der Waals surface area contributed by atoms with Gasteiger partial charge in [0.1, 0.15) is 5.75 Å². The zero-order valence-corrected chi connectivity index (χ0v) is 12.7. The van der Waals surface area contributed by atoms with Gasteiger partial charge in [-0.1, -0.05) is 24.3 Å². The first-order valence-electron chi connectivity index (χ1n) is 7.70. The smallest absolute Gasteiger partial charge is 0.166 e. The zero-order chi connectivity index (χ0) is 16.2. The summed E-state index contributed by atoms with van der Waals surface area (Å²) in [4.78, 5) is 1.97. The Labute approximate surface area is 134 Å². The van der Waals surface area contributed by atoms with E-state index in [4.69, 9.17) is 4.74 Å². The van der Waals surface area contributed by atoms with Crippen molar-refractivity contribution in [1.82, 2.24) is 4.90 Å². The van der Waals surface area contributed by atoms with Crippen LogP contribution in [0.2, 0.25) is 0 Å². The molecule has 2 atom stereocenters. The van der Waals surface area contributed by atoms with E-state index >= 15 is 0 Å². The normalized spacial score (nSPS) is 21.5. The first-order valence-corrected chi connectivity index (χ1v) is 7.70. The van der Waals surface area contributed by atoms with E-state index < -0.39 is 11.9 Å². The lowest BCUT2D eigenvalue weighted by molar-refractivity contribution is 0.150. The van der Waals surface area contributed by atoms with Gasteiger partial charge in [0.05, 0.1) is 12.7 Å². The van der Waals surface area contributed by atoms with Crippen LogP contribution in [-0.4, -0.2) is 40.4 Å². The molecule has 3 rings (SSSR count). The zero-order valence-electron chi connectivity index (χ0n) is 12.7. The highest BCUT2D eigenvalue weighted by atomic mass is 19.1. The molecule has 1 aliphatic rings. The molecule has 1 heterocycles. The van der Waals surface area contributed by atoms with Crippen molar-refractivity contribution >= 4 is 0 Å². The molecule has 0 aromatic heterocycles. The number of hydrogen-bond donors (Lipinski definition) is 2. The summed E-state index contributed by atoms with van der Waals surface area (Å²) in [6.45, 7) is 0.981. The van der Waals surface area contributed by atoms with Gasteiger partial charge in [0.2, 0.25) is 0 Å². The molecule has 1 saturated heterocycles. The molecule has 0 spiro atoms. The van der Waals surface area contributed by atoms with Crippen molar-refractivity contribution in [2.75, 3.05) is 13.2 Å². The Kier molecular flexibility index (Phi) is 4.91. The lowest BCUT2D eigenvalue weighted by Crippen LogP contribution is -2.31. The summed E-state index contributed by atoms with van der Waals surface area (Å²) in [5.41, 5.74) is 0.787. The van der Waals surface area contributed by atoms with Gasteiger partial charge in [-0.2, -0.15) is 0 Å².